The predicted molar refractivity (Wildman–Crippen MR) is 76.2 cm³/mol. The van der Waals surface area contributed by atoms with Gasteiger partial charge in [0.05, 0.1) is 0 Å². The van der Waals surface area contributed by atoms with Gasteiger partial charge in [0.1, 0.15) is 5.82 Å². The number of rotatable bonds is 6. The number of hydrogen-bond acceptors (Lipinski definition) is 2. The molecule has 1 unspecified atom stereocenters. The number of halogens is 1. The highest BCUT2D eigenvalue weighted by atomic mass is 19.1. The van der Waals surface area contributed by atoms with Crippen LogP contribution in [0.25, 0.3) is 0 Å². The molecular weight excluding hydrogens is 273 g/mol. The number of carboxylic acid groups (broad SMARTS) is 1. The molecule has 0 saturated heterocycles. The Balaban J connectivity index is 1.99. The van der Waals surface area contributed by atoms with Crippen LogP contribution in [0.3, 0.4) is 0 Å². The molecule has 1 aliphatic rings. The Bertz CT molecular complexity index is 540. The lowest BCUT2D eigenvalue weighted by Gasteiger charge is -2.25. The van der Waals surface area contributed by atoms with Gasteiger partial charge in [-0.3, -0.25) is 4.79 Å². The summed E-state index contributed by atoms with van der Waals surface area (Å²) < 4.78 is 13.2. The molecule has 1 aromatic rings. The van der Waals surface area contributed by atoms with Crippen molar-refractivity contribution in [2.45, 2.75) is 45.1 Å². The molecule has 2 N–H and O–H groups in total. The van der Waals surface area contributed by atoms with Gasteiger partial charge in [0.15, 0.2) is 6.04 Å². The molecule has 1 amide bonds. The summed E-state index contributed by atoms with van der Waals surface area (Å²) in [6.07, 6.45) is 4.69. The topological polar surface area (TPSA) is 66.4 Å². The minimum Gasteiger partial charge on any atom is -0.479 e. The van der Waals surface area contributed by atoms with Gasteiger partial charge in [-0.2, -0.15) is 0 Å². The van der Waals surface area contributed by atoms with Gasteiger partial charge in [0, 0.05) is 6.42 Å². The number of amides is 1. The van der Waals surface area contributed by atoms with Crippen LogP contribution in [0.4, 0.5) is 4.39 Å². The van der Waals surface area contributed by atoms with Gasteiger partial charge < -0.3 is 10.4 Å². The second-order valence-electron chi connectivity index (χ2n) is 5.68. The molecule has 5 heteroatoms. The van der Waals surface area contributed by atoms with Gasteiger partial charge in [-0.1, -0.05) is 31.4 Å². The summed E-state index contributed by atoms with van der Waals surface area (Å²) in [7, 11) is 0. The van der Waals surface area contributed by atoms with E-state index in [9.17, 15) is 19.1 Å². The Kier molecular flexibility index (Phi) is 4.94. The minimum atomic E-state index is -1.14. The van der Waals surface area contributed by atoms with Gasteiger partial charge in [-0.25, -0.2) is 9.18 Å². The molecule has 1 aliphatic carbocycles. The third kappa shape index (κ3) is 4.03. The van der Waals surface area contributed by atoms with Crippen molar-refractivity contribution < 1.29 is 19.1 Å². The molecule has 0 bridgehead atoms. The third-order valence-corrected chi connectivity index (χ3v) is 4.07. The lowest BCUT2D eigenvalue weighted by atomic mass is 9.82. The van der Waals surface area contributed by atoms with Crippen LogP contribution in [0.15, 0.2) is 18.2 Å². The Labute approximate surface area is 123 Å². The standard InChI is InChI=1S/C16H20FNO3/c1-10-9-12(6-7-13(10)17)15(16(20)21)18-14(19)8-5-11-3-2-4-11/h6-7,9,11,15H,2-5,8H2,1H3,(H,18,19)(H,20,21). The zero-order chi connectivity index (χ0) is 15.4. The SMILES string of the molecule is Cc1cc(C(NC(=O)CCC2CCC2)C(=O)O)ccc1F. The van der Waals surface area contributed by atoms with Gasteiger partial charge in [-0.15, -0.1) is 0 Å². The molecule has 114 valence electrons. The molecule has 0 heterocycles. The summed E-state index contributed by atoms with van der Waals surface area (Å²) >= 11 is 0. The van der Waals surface area contributed by atoms with Crippen molar-refractivity contribution in [3.8, 4) is 0 Å². The fourth-order valence-electron chi connectivity index (χ4n) is 2.48. The number of carboxylic acids is 1. The number of nitrogens with one attached hydrogen (secondary N) is 1. The summed E-state index contributed by atoms with van der Waals surface area (Å²) in [6.45, 7) is 1.57. The number of benzene rings is 1. The molecule has 1 aromatic carbocycles. The van der Waals surface area contributed by atoms with Crippen molar-refractivity contribution >= 4 is 11.9 Å². The van der Waals surface area contributed by atoms with Crippen LogP contribution < -0.4 is 5.32 Å². The van der Waals surface area contributed by atoms with E-state index in [0.29, 0.717) is 23.5 Å². The van der Waals surface area contributed by atoms with Gasteiger partial charge >= 0.3 is 5.97 Å². The molecule has 1 atom stereocenters. The quantitative estimate of drug-likeness (QED) is 0.847. The maximum absolute atomic E-state index is 13.2. The van der Waals surface area contributed by atoms with Crippen LogP contribution in [0.1, 0.15) is 49.3 Å². The normalized spacial score (nSPS) is 16.1. The van der Waals surface area contributed by atoms with E-state index in [1.165, 1.54) is 24.6 Å². The van der Waals surface area contributed by atoms with E-state index in [4.69, 9.17) is 0 Å². The molecule has 4 nitrogen and oxygen atoms in total. The number of carbonyl (C=O) groups excluding carboxylic acids is 1. The summed E-state index contributed by atoms with van der Waals surface area (Å²) in [4.78, 5) is 23.2. The number of hydrogen-bond donors (Lipinski definition) is 2. The fourth-order valence-corrected chi connectivity index (χ4v) is 2.48. The Morgan fingerprint density at radius 1 is 1.43 bits per heavy atom. The van der Waals surface area contributed by atoms with E-state index in [1.54, 1.807) is 6.92 Å². The molecule has 2 rings (SSSR count). The van der Waals surface area contributed by atoms with Crippen LogP contribution >= 0.6 is 0 Å². The van der Waals surface area contributed by atoms with Crippen LogP contribution in [0.2, 0.25) is 0 Å². The van der Waals surface area contributed by atoms with Crippen molar-refractivity contribution in [1.29, 1.82) is 0 Å². The van der Waals surface area contributed by atoms with E-state index < -0.39 is 12.0 Å². The first-order chi connectivity index (χ1) is 9.97. The second-order valence-corrected chi connectivity index (χ2v) is 5.68. The number of aryl methyl sites for hydroxylation is 1. The van der Waals surface area contributed by atoms with E-state index in [1.807, 2.05) is 0 Å². The smallest absolute Gasteiger partial charge is 0.330 e. The van der Waals surface area contributed by atoms with Crippen LogP contribution in [0, 0.1) is 18.7 Å². The summed E-state index contributed by atoms with van der Waals surface area (Å²) in [5, 5.41) is 11.8. The van der Waals surface area contributed by atoms with Crippen molar-refractivity contribution in [2.24, 2.45) is 5.92 Å². The van der Waals surface area contributed by atoms with Crippen molar-refractivity contribution in [2.75, 3.05) is 0 Å². The first-order valence-electron chi connectivity index (χ1n) is 7.25. The van der Waals surface area contributed by atoms with Crippen molar-refractivity contribution in [3.63, 3.8) is 0 Å². The summed E-state index contributed by atoms with van der Waals surface area (Å²) in [5.74, 6) is -1.19. The maximum atomic E-state index is 13.2. The molecule has 0 spiro atoms. The molecule has 1 fully saturated rings. The van der Waals surface area contributed by atoms with E-state index >= 15 is 0 Å². The monoisotopic (exact) mass is 293 g/mol. The average molecular weight is 293 g/mol. The predicted octanol–water partition coefficient (Wildman–Crippen LogP) is 2.96. The fraction of sp³-hybridized carbons (Fsp3) is 0.500. The zero-order valence-corrected chi connectivity index (χ0v) is 12.1. The summed E-state index contributed by atoms with van der Waals surface area (Å²) in [6, 6.07) is 2.95. The van der Waals surface area contributed by atoms with E-state index in [0.717, 1.165) is 19.3 Å². The minimum absolute atomic E-state index is 0.267. The largest absolute Gasteiger partial charge is 0.479 e. The number of aliphatic carboxylic acids is 1. The van der Waals surface area contributed by atoms with E-state index in [-0.39, 0.29) is 11.7 Å². The third-order valence-electron chi connectivity index (χ3n) is 4.07. The molecule has 0 aromatic heterocycles. The van der Waals surface area contributed by atoms with E-state index in [2.05, 4.69) is 5.32 Å². The van der Waals surface area contributed by atoms with Gasteiger partial charge in [0.25, 0.3) is 0 Å². The second kappa shape index (κ2) is 6.70. The highest BCUT2D eigenvalue weighted by Gasteiger charge is 2.24. The molecule has 21 heavy (non-hydrogen) atoms. The lowest BCUT2D eigenvalue weighted by Crippen LogP contribution is -2.34. The molecule has 0 radical (unpaired) electrons. The highest BCUT2D eigenvalue weighted by molar-refractivity contribution is 5.84. The lowest BCUT2D eigenvalue weighted by molar-refractivity contribution is -0.142. The first kappa shape index (κ1) is 15.5. The maximum Gasteiger partial charge on any atom is 0.330 e. The number of carbonyl (C=O) groups is 2. The van der Waals surface area contributed by atoms with Crippen molar-refractivity contribution in [3.05, 3.63) is 35.1 Å². The Hall–Kier alpha value is -1.91. The zero-order valence-electron chi connectivity index (χ0n) is 12.1. The molecule has 1 saturated carbocycles. The van der Waals surface area contributed by atoms with Crippen LogP contribution in [0.5, 0.6) is 0 Å². The average Bonchev–Trinajstić information content (AvgIpc) is 2.37. The van der Waals surface area contributed by atoms with Gasteiger partial charge in [-0.05, 0) is 36.5 Å². The van der Waals surface area contributed by atoms with Crippen molar-refractivity contribution in [1.82, 2.24) is 5.32 Å². The van der Waals surface area contributed by atoms with Crippen LogP contribution in [-0.2, 0) is 9.59 Å². The molecule has 0 aliphatic heterocycles. The Morgan fingerprint density at radius 3 is 2.67 bits per heavy atom. The molecular formula is C16H20FNO3. The first-order valence-corrected chi connectivity index (χ1v) is 7.25. The van der Waals surface area contributed by atoms with Crippen LogP contribution in [-0.4, -0.2) is 17.0 Å². The Morgan fingerprint density at radius 2 is 2.14 bits per heavy atom. The summed E-state index contributed by atoms with van der Waals surface area (Å²) in [5.41, 5.74) is 0.751. The van der Waals surface area contributed by atoms with Gasteiger partial charge in [0.2, 0.25) is 5.91 Å². The highest BCUT2D eigenvalue weighted by Crippen LogP contribution is 2.30.